The highest BCUT2D eigenvalue weighted by Gasteiger charge is 2.13. The molecule has 3 rings (SSSR count). The Hall–Kier alpha value is -3.49. The van der Waals surface area contributed by atoms with Crippen molar-refractivity contribution in [2.24, 2.45) is 0 Å². The zero-order chi connectivity index (χ0) is 20.6. The first-order valence-electron chi connectivity index (χ1n) is 8.85. The molecule has 3 aromatic rings. The Morgan fingerprint density at radius 1 is 1.14 bits per heavy atom. The van der Waals surface area contributed by atoms with Crippen LogP contribution in [0.1, 0.15) is 18.7 Å². The van der Waals surface area contributed by atoms with Gasteiger partial charge in [0.25, 0.3) is 0 Å². The minimum atomic E-state index is -3.00. The predicted octanol–water partition coefficient (Wildman–Crippen LogP) is 4.31. The number of hydrogen-bond donors (Lipinski definition) is 1. The van der Waals surface area contributed by atoms with E-state index >= 15 is 0 Å². The molecule has 0 fully saturated rings. The molecule has 152 valence electrons. The lowest BCUT2D eigenvalue weighted by molar-refractivity contribution is -0.116. The summed E-state index contributed by atoms with van der Waals surface area (Å²) in [4.78, 5) is 12.1. The highest BCUT2D eigenvalue weighted by atomic mass is 19.3. The number of ether oxygens (including phenoxy) is 2. The van der Waals surface area contributed by atoms with Gasteiger partial charge in [-0.3, -0.25) is 4.79 Å². The molecule has 0 spiro atoms. The number of halogens is 2. The molecule has 1 heterocycles. The number of carbonyl (C=O) groups is 1. The lowest BCUT2D eigenvalue weighted by Gasteiger charge is -2.12. The summed E-state index contributed by atoms with van der Waals surface area (Å²) in [6.45, 7) is -3.00. The summed E-state index contributed by atoms with van der Waals surface area (Å²) in [6, 6.07) is 13.6. The maximum Gasteiger partial charge on any atom is 0.387 e. The van der Waals surface area contributed by atoms with Crippen LogP contribution in [-0.2, 0) is 11.2 Å². The van der Waals surface area contributed by atoms with Crippen molar-refractivity contribution in [1.82, 2.24) is 10.2 Å². The van der Waals surface area contributed by atoms with Crippen LogP contribution in [0.2, 0.25) is 0 Å². The summed E-state index contributed by atoms with van der Waals surface area (Å²) in [7, 11) is 1.34. The van der Waals surface area contributed by atoms with Crippen LogP contribution in [0.5, 0.6) is 11.5 Å². The van der Waals surface area contributed by atoms with Crippen LogP contribution in [-0.4, -0.2) is 29.8 Å². The molecule has 0 saturated heterocycles. The molecule has 29 heavy (non-hydrogen) atoms. The van der Waals surface area contributed by atoms with E-state index in [4.69, 9.17) is 9.15 Å². The third-order valence-corrected chi connectivity index (χ3v) is 3.95. The molecule has 0 saturated carbocycles. The van der Waals surface area contributed by atoms with Crippen molar-refractivity contribution >= 4 is 11.6 Å². The Bertz CT molecular complexity index is 948. The van der Waals surface area contributed by atoms with Gasteiger partial charge in [-0.25, -0.2) is 0 Å². The number of alkyl halides is 2. The van der Waals surface area contributed by atoms with E-state index in [1.54, 1.807) is 6.07 Å². The smallest absolute Gasteiger partial charge is 0.387 e. The standard InChI is InChI=1S/C20H19F2N3O4/c1-27-15-11-10-14(12-16(15)28-20(21)22)23-17(26)8-5-9-18-24-25-19(29-18)13-6-3-2-4-7-13/h2-4,6-7,10-12,20H,5,8-9H2,1H3,(H,23,26). The normalized spacial score (nSPS) is 10.8. The number of nitrogens with zero attached hydrogens (tertiary/aromatic N) is 2. The molecule has 7 nitrogen and oxygen atoms in total. The number of amides is 1. The minimum absolute atomic E-state index is 0.147. The van der Waals surface area contributed by atoms with Gasteiger partial charge in [0.1, 0.15) is 0 Å². The lowest BCUT2D eigenvalue weighted by Crippen LogP contribution is -2.12. The highest BCUT2D eigenvalue weighted by Crippen LogP contribution is 2.31. The van der Waals surface area contributed by atoms with E-state index in [0.29, 0.717) is 30.3 Å². The quantitative estimate of drug-likeness (QED) is 0.573. The Labute approximate surface area is 165 Å². The molecule has 1 amide bonds. The summed E-state index contributed by atoms with van der Waals surface area (Å²) < 4.78 is 39.9. The topological polar surface area (TPSA) is 86.5 Å². The predicted molar refractivity (Wildman–Crippen MR) is 101 cm³/mol. The third kappa shape index (κ3) is 5.74. The van der Waals surface area contributed by atoms with Crippen LogP contribution in [0.3, 0.4) is 0 Å². The van der Waals surface area contributed by atoms with Gasteiger partial charge in [-0.1, -0.05) is 18.2 Å². The Morgan fingerprint density at radius 3 is 2.66 bits per heavy atom. The maximum atomic E-state index is 12.5. The van der Waals surface area contributed by atoms with E-state index in [2.05, 4.69) is 20.3 Å². The Balaban J connectivity index is 1.51. The SMILES string of the molecule is COc1ccc(NC(=O)CCCc2nnc(-c3ccccc3)o2)cc1OC(F)F. The number of hydrogen-bond acceptors (Lipinski definition) is 6. The Morgan fingerprint density at radius 2 is 1.93 bits per heavy atom. The molecule has 0 unspecified atom stereocenters. The summed E-state index contributed by atoms with van der Waals surface area (Å²) in [5, 5.41) is 10.6. The number of aryl methyl sites for hydroxylation is 1. The summed E-state index contributed by atoms with van der Waals surface area (Å²) >= 11 is 0. The molecular formula is C20H19F2N3O4. The molecular weight excluding hydrogens is 384 g/mol. The molecule has 0 radical (unpaired) electrons. The largest absolute Gasteiger partial charge is 0.493 e. The van der Waals surface area contributed by atoms with Crippen molar-refractivity contribution in [2.75, 3.05) is 12.4 Å². The molecule has 0 bridgehead atoms. The zero-order valence-corrected chi connectivity index (χ0v) is 15.6. The second kappa shape index (κ2) is 9.63. The van der Waals surface area contributed by atoms with Gasteiger partial charge in [0.15, 0.2) is 11.5 Å². The van der Waals surface area contributed by atoms with Crippen LogP contribution < -0.4 is 14.8 Å². The number of anilines is 1. The lowest BCUT2D eigenvalue weighted by atomic mass is 10.2. The molecule has 0 aliphatic heterocycles. The fourth-order valence-corrected chi connectivity index (χ4v) is 2.62. The summed E-state index contributed by atoms with van der Waals surface area (Å²) in [5.41, 5.74) is 1.15. The molecule has 2 aromatic carbocycles. The average Bonchev–Trinajstić information content (AvgIpc) is 3.17. The second-order valence-electron chi connectivity index (χ2n) is 6.01. The van der Waals surface area contributed by atoms with Crippen LogP contribution >= 0.6 is 0 Å². The van der Waals surface area contributed by atoms with E-state index in [-0.39, 0.29) is 23.8 Å². The zero-order valence-electron chi connectivity index (χ0n) is 15.6. The fraction of sp³-hybridized carbons (Fsp3) is 0.250. The molecule has 9 heteroatoms. The first-order chi connectivity index (χ1) is 14.0. The van der Waals surface area contributed by atoms with Crippen molar-refractivity contribution < 1.29 is 27.5 Å². The van der Waals surface area contributed by atoms with Gasteiger partial charge in [0, 0.05) is 30.2 Å². The second-order valence-corrected chi connectivity index (χ2v) is 6.01. The van der Waals surface area contributed by atoms with Crippen molar-refractivity contribution in [3.8, 4) is 23.0 Å². The summed E-state index contributed by atoms with van der Waals surface area (Å²) in [6.07, 6.45) is 1.12. The molecule has 0 atom stereocenters. The van der Waals surface area contributed by atoms with Crippen LogP contribution in [0.25, 0.3) is 11.5 Å². The molecule has 1 aromatic heterocycles. The number of nitrogens with one attached hydrogen (secondary N) is 1. The van der Waals surface area contributed by atoms with Crippen molar-refractivity contribution in [3.05, 3.63) is 54.4 Å². The van der Waals surface area contributed by atoms with Gasteiger partial charge >= 0.3 is 6.61 Å². The first kappa shape index (κ1) is 20.2. The summed E-state index contributed by atoms with van der Waals surface area (Å²) in [5.74, 6) is 0.582. The fourth-order valence-electron chi connectivity index (χ4n) is 2.62. The van der Waals surface area contributed by atoms with Crippen LogP contribution in [0, 0.1) is 0 Å². The van der Waals surface area contributed by atoms with Gasteiger partial charge in [-0.15, -0.1) is 10.2 Å². The average molecular weight is 403 g/mol. The van der Waals surface area contributed by atoms with E-state index in [9.17, 15) is 13.6 Å². The number of carbonyl (C=O) groups excluding carboxylic acids is 1. The van der Waals surface area contributed by atoms with Gasteiger partial charge in [0.05, 0.1) is 7.11 Å². The van der Waals surface area contributed by atoms with Gasteiger partial charge < -0.3 is 19.2 Å². The van der Waals surface area contributed by atoms with Crippen molar-refractivity contribution in [1.29, 1.82) is 0 Å². The number of rotatable bonds is 9. The molecule has 1 N–H and O–H groups in total. The van der Waals surface area contributed by atoms with Crippen LogP contribution in [0.15, 0.2) is 52.9 Å². The number of benzene rings is 2. The van der Waals surface area contributed by atoms with Crippen molar-refractivity contribution in [3.63, 3.8) is 0 Å². The Kier molecular flexibility index (Phi) is 6.72. The van der Waals surface area contributed by atoms with E-state index in [1.807, 2.05) is 30.3 Å². The maximum absolute atomic E-state index is 12.5. The number of methoxy groups -OCH3 is 1. The van der Waals surface area contributed by atoms with Crippen LogP contribution in [0.4, 0.5) is 14.5 Å². The first-order valence-corrected chi connectivity index (χ1v) is 8.85. The van der Waals surface area contributed by atoms with Gasteiger partial charge in [-0.2, -0.15) is 8.78 Å². The molecule has 0 aliphatic rings. The molecule has 0 aliphatic carbocycles. The number of aromatic nitrogens is 2. The van der Waals surface area contributed by atoms with E-state index in [0.717, 1.165) is 5.56 Å². The monoisotopic (exact) mass is 403 g/mol. The third-order valence-electron chi connectivity index (χ3n) is 3.95. The van der Waals surface area contributed by atoms with Crippen molar-refractivity contribution in [2.45, 2.75) is 25.9 Å². The van der Waals surface area contributed by atoms with E-state index < -0.39 is 6.61 Å². The van der Waals surface area contributed by atoms with Gasteiger partial charge in [0.2, 0.25) is 17.7 Å². The van der Waals surface area contributed by atoms with Gasteiger partial charge in [-0.05, 0) is 30.7 Å². The van der Waals surface area contributed by atoms with E-state index in [1.165, 1.54) is 19.2 Å². The minimum Gasteiger partial charge on any atom is -0.493 e. The highest BCUT2D eigenvalue weighted by molar-refractivity contribution is 5.91.